The first-order valence-electron chi connectivity index (χ1n) is 4.68. The van der Waals surface area contributed by atoms with Gasteiger partial charge in [0.2, 0.25) is 0 Å². The Labute approximate surface area is 87.9 Å². The Bertz CT molecular complexity index is 233. The summed E-state index contributed by atoms with van der Waals surface area (Å²) in [5.41, 5.74) is 1.10. The Hall–Kier alpha value is -0.570. The summed E-state index contributed by atoms with van der Waals surface area (Å²) < 4.78 is 0.881. The molecule has 0 aliphatic heterocycles. The second kappa shape index (κ2) is 5.97. The molecule has 0 unspecified atom stereocenters. The van der Waals surface area contributed by atoms with E-state index < -0.39 is 0 Å². The molecule has 0 saturated heterocycles. The van der Waals surface area contributed by atoms with E-state index in [-0.39, 0.29) is 0 Å². The van der Waals surface area contributed by atoms with Gasteiger partial charge < -0.3 is 5.32 Å². The Morgan fingerprint density at radius 1 is 1.38 bits per heavy atom. The summed E-state index contributed by atoms with van der Waals surface area (Å²) in [5, 5.41) is 3.32. The molecule has 3 heteroatoms. The van der Waals surface area contributed by atoms with Crippen LogP contribution in [0.15, 0.2) is 22.9 Å². The van der Waals surface area contributed by atoms with Crippen molar-refractivity contribution in [2.75, 3.05) is 11.9 Å². The van der Waals surface area contributed by atoms with E-state index in [0.29, 0.717) is 0 Å². The van der Waals surface area contributed by atoms with Gasteiger partial charge in [-0.3, -0.25) is 0 Å². The van der Waals surface area contributed by atoms with E-state index in [4.69, 9.17) is 0 Å². The van der Waals surface area contributed by atoms with Crippen molar-refractivity contribution in [2.24, 2.45) is 0 Å². The predicted molar refractivity (Wildman–Crippen MR) is 60.0 cm³/mol. The first-order valence-corrected chi connectivity index (χ1v) is 5.47. The topological polar surface area (TPSA) is 24.9 Å². The molecule has 2 nitrogen and oxygen atoms in total. The second-order valence-corrected chi connectivity index (χ2v) is 3.82. The van der Waals surface area contributed by atoms with Crippen LogP contribution in [0, 0.1) is 0 Å². The smallest absolute Gasteiger partial charge is 0.106 e. The van der Waals surface area contributed by atoms with E-state index in [9.17, 15) is 0 Å². The zero-order valence-electron chi connectivity index (χ0n) is 7.89. The maximum Gasteiger partial charge on any atom is 0.106 e. The lowest BCUT2D eigenvalue weighted by Gasteiger charge is -2.04. The highest BCUT2D eigenvalue weighted by Crippen LogP contribution is 2.10. The van der Waals surface area contributed by atoms with Gasteiger partial charge in [-0.05, 0) is 34.5 Å². The predicted octanol–water partition coefficient (Wildman–Crippen LogP) is 3.45. The number of halogens is 1. The lowest BCUT2D eigenvalue weighted by molar-refractivity contribution is 0.743. The van der Waals surface area contributed by atoms with Crippen molar-refractivity contribution < 1.29 is 0 Å². The summed E-state index contributed by atoms with van der Waals surface area (Å²) in [4.78, 5) is 4.13. The minimum Gasteiger partial charge on any atom is -0.384 e. The van der Waals surface area contributed by atoms with Gasteiger partial charge in [0.25, 0.3) is 0 Å². The molecule has 0 saturated carbocycles. The number of rotatable bonds is 5. The van der Waals surface area contributed by atoms with Crippen LogP contribution in [0.2, 0.25) is 0 Å². The summed E-state index contributed by atoms with van der Waals surface area (Å²) in [5.74, 6) is 0. The van der Waals surface area contributed by atoms with Crippen LogP contribution in [0.3, 0.4) is 0 Å². The molecule has 1 aromatic rings. The van der Waals surface area contributed by atoms with Crippen molar-refractivity contribution in [2.45, 2.75) is 26.2 Å². The Balaban J connectivity index is 2.25. The molecular weight excluding hydrogens is 228 g/mol. The minimum absolute atomic E-state index is 0.881. The van der Waals surface area contributed by atoms with Gasteiger partial charge in [0.1, 0.15) is 4.60 Å². The zero-order valence-corrected chi connectivity index (χ0v) is 9.47. The lowest BCUT2D eigenvalue weighted by atomic mass is 10.2. The molecule has 0 fully saturated rings. The van der Waals surface area contributed by atoms with Gasteiger partial charge in [-0.25, -0.2) is 4.98 Å². The van der Waals surface area contributed by atoms with E-state index in [1.807, 2.05) is 18.3 Å². The first-order chi connectivity index (χ1) is 6.33. The number of aromatic nitrogens is 1. The number of hydrogen-bond donors (Lipinski definition) is 1. The van der Waals surface area contributed by atoms with Crippen LogP contribution >= 0.6 is 15.9 Å². The summed E-state index contributed by atoms with van der Waals surface area (Å²) in [6.45, 7) is 3.25. The number of unbranched alkanes of at least 4 members (excludes halogenated alkanes) is 2. The molecule has 1 N–H and O–H groups in total. The van der Waals surface area contributed by atoms with Crippen molar-refractivity contribution in [1.29, 1.82) is 0 Å². The molecule has 0 spiro atoms. The van der Waals surface area contributed by atoms with E-state index in [1.54, 1.807) is 0 Å². The van der Waals surface area contributed by atoms with Gasteiger partial charge in [0.05, 0.1) is 11.9 Å². The zero-order chi connectivity index (χ0) is 9.52. The van der Waals surface area contributed by atoms with Crippen LogP contribution in [0.5, 0.6) is 0 Å². The number of anilines is 1. The third-order valence-corrected chi connectivity index (χ3v) is 2.31. The molecule has 0 amide bonds. The van der Waals surface area contributed by atoms with Crippen LogP contribution in [-0.4, -0.2) is 11.5 Å². The Kier molecular flexibility index (Phi) is 4.83. The fourth-order valence-corrected chi connectivity index (χ4v) is 1.32. The largest absolute Gasteiger partial charge is 0.384 e. The van der Waals surface area contributed by atoms with E-state index in [0.717, 1.165) is 16.8 Å². The first kappa shape index (κ1) is 10.5. The summed E-state index contributed by atoms with van der Waals surface area (Å²) in [6.07, 6.45) is 5.62. The number of nitrogens with one attached hydrogen (secondary N) is 1. The molecule has 13 heavy (non-hydrogen) atoms. The molecule has 0 aromatic carbocycles. The molecule has 1 heterocycles. The van der Waals surface area contributed by atoms with Gasteiger partial charge in [0, 0.05) is 6.54 Å². The molecule has 0 bridgehead atoms. The summed E-state index contributed by atoms with van der Waals surface area (Å²) in [6, 6.07) is 3.98. The quantitative estimate of drug-likeness (QED) is 0.632. The van der Waals surface area contributed by atoms with Crippen LogP contribution in [-0.2, 0) is 0 Å². The summed E-state index contributed by atoms with van der Waals surface area (Å²) >= 11 is 3.30. The van der Waals surface area contributed by atoms with E-state index >= 15 is 0 Å². The number of pyridine rings is 1. The van der Waals surface area contributed by atoms with E-state index in [1.165, 1.54) is 19.3 Å². The average molecular weight is 243 g/mol. The van der Waals surface area contributed by atoms with Gasteiger partial charge in [-0.15, -0.1) is 0 Å². The van der Waals surface area contributed by atoms with Crippen molar-refractivity contribution in [3.8, 4) is 0 Å². The highest BCUT2D eigenvalue weighted by molar-refractivity contribution is 9.10. The molecule has 0 radical (unpaired) electrons. The maximum absolute atomic E-state index is 4.13. The maximum atomic E-state index is 4.13. The van der Waals surface area contributed by atoms with Crippen molar-refractivity contribution >= 4 is 21.6 Å². The van der Waals surface area contributed by atoms with Crippen LogP contribution in [0.25, 0.3) is 0 Å². The molecule has 0 aliphatic carbocycles. The fourth-order valence-electron chi connectivity index (χ4n) is 1.09. The van der Waals surface area contributed by atoms with E-state index in [2.05, 4.69) is 33.2 Å². The minimum atomic E-state index is 0.881. The molecular formula is C10H15BrN2. The third kappa shape index (κ3) is 4.27. The molecule has 1 aromatic heterocycles. The number of hydrogen-bond acceptors (Lipinski definition) is 2. The molecule has 0 aliphatic rings. The highest BCUT2D eigenvalue weighted by atomic mass is 79.9. The van der Waals surface area contributed by atoms with Gasteiger partial charge in [-0.1, -0.05) is 19.8 Å². The van der Waals surface area contributed by atoms with Crippen molar-refractivity contribution in [1.82, 2.24) is 4.98 Å². The van der Waals surface area contributed by atoms with Gasteiger partial charge >= 0.3 is 0 Å². The third-order valence-electron chi connectivity index (χ3n) is 1.84. The van der Waals surface area contributed by atoms with Crippen LogP contribution in [0.4, 0.5) is 5.69 Å². The number of nitrogens with zero attached hydrogens (tertiary/aromatic N) is 1. The fraction of sp³-hybridized carbons (Fsp3) is 0.500. The molecule has 1 rings (SSSR count). The molecule has 72 valence electrons. The van der Waals surface area contributed by atoms with Crippen LogP contribution < -0.4 is 5.32 Å². The SMILES string of the molecule is CCCCCNc1ccc(Br)nc1. The normalized spacial score (nSPS) is 10.0. The van der Waals surface area contributed by atoms with Crippen molar-refractivity contribution in [3.05, 3.63) is 22.9 Å². The summed E-state index contributed by atoms with van der Waals surface area (Å²) in [7, 11) is 0. The van der Waals surface area contributed by atoms with Gasteiger partial charge in [-0.2, -0.15) is 0 Å². The Morgan fingerprint density at radius 2 is 2.23 bits per heavy atom. The highest BCUT2D eigenvalue weighted by Gasteiger charge is 1.91. The standard InChI is InChI=1S/C10H15BrN2/c1-2-3-4-7-12-9-5-6-10(11)13-8-9/h5-6,8,12H,2-4,7H2,1H3. The lowest BCUT2D eigenvalue weighted by Crippen LogP contribution is -2.01. The van der Waals surface area contributed by atoms with Crippen molar-refractivity contribution in [3.63, 3.8) is 0 Å². The Morgan fingerprint density at radius 3 is 2.85 bits per heavy atom. The molecule has 0 atom stereocenters. The average Bonchev–Trinajstić information content (AvgIpc) is 2.15. The second-order valence-electron chi connectivity index (χ2n) is 3.00. The van der Waals surface area contributed by atoms with Crippen LogP contribution in [0.1, 0.15) is 26.2 Å². The van der Waals surface area contributed by atoms with Gasteiger partial charge in [0.15, 0.2) is 0 Å². The monoisotopic (exact) mass is 242 g/mol.